The van der Waals surface area contributed by atoms with Gasteiger partial charge in [-0.3, -0.25) is 4.68 Å². The van der Waals surface area contributed by atoms with Gasteiger partial charge in [-0.25, -0.2) is 4.79 Å². The number of carbonyl (C=O) groups excluding carboxylic acids is 1. The Balaban J connectivity index is 0.00000106. The molecule has 0 spiro atoms. The Hall–Kier alpha value is -1.32. The predicted molar refractivity (Wildman–Crippen MR) is 64.6 cm³/mol. The molecule has 0 radical (unpaired) electrons. The molecule has 1 heterocycles. The molecule has 0 aliphatic heterocycles. The van der Waals surface area contributed by atoms with Crippen molar-refractivity contribution in [3.8, 4) is 0 Å². The van der Waals surface area contributed by atoms with Gasteiger partial charge >= 0.3 is 5.97 Å². The third-order valence-electron chi connectivity index (χ3n) is 1.89. The molecule has 92 valence electrons. The number of aryl methyl sites for hydroxylation is 2. The average Bonchev–Trinajstić information content (AvgIpc) is 2.63. The van der Waals surface area contributed by atoms with Gasteiger partial charge in [0, 0.05) is 12.7 Å². The summed E-state index contributed by atoms with van der Waals surface area (Å²) in [5.74, 6) is -0.285. The molecular weight excluding hydrogens is 204 g/mol. The van der Waals surface area contributed by atoms with Crippen molar-refractivity contribution in [2.24, 2.45) is 0 Å². The fraction of sp³-hybridized carbons (Fsp3) is 0.667. The molecular formula is C12H22N2O2. The first-order valence-electron chi connectivity index (χ1n) is 5.90. The van der Waals surface area contributed by atoms with Crippen LogP contribution >= 0.6 is 0 Å². The van der Waals surface area contributed by atoms with E-state index in [1.54, 1.807) is 17.8 Å². The van der Waals surface area contributed by atoms with Crippen LogP contribution in [-0.2, 0) is 11.3 Å². The second-order valence-electron chi connectivity index (χ2n) is 3.11. The molecule has 1 aromatic rings. The Bertz CT molecular complexity index is 319. The zero-order chi connectivity index (χ0) is 12.6. The minimum absolute atomic E-state index is 0.285. The maximum absolute atomic E-state index is 11.4. The molecule has 0 amide bonds. The molecule has 0 bridgehead atoms. The molecule has 4 heteroatoms. The third-order valence-corrected chi connectivity index (χ3v) is 1.89. The molecule has 0 saturated heterocycles. The summed E-state index contributed by atoms with van der Waals surface area (Å²) in [4.78, 5) is 11.4. The SMILES string of the molecule is CC.CCCn1cc(C(=O)OCC)c(C)n1. The molecule has 4 nitrogen and oxygen atoms in total. The normalized spacial score (nSPS) is 9.31. The van der Waals surface area contributed by atoms with E-state index in [4.69, 9.17) is 4.74 Å². The molecule has 0 aromatic carbocycles. The number of rotatable bonds is 4. The van der Waals surface area contributed by atoms with Gasteiger partial charge in [-0.1, -0.05) is 20.8 Å². The molecule has 0 N–H and O–H groups in total. The van der Waals surface area contributed by atoms with E-state index in [0.717, 1.165) is 18.7 Å². The van der Waals surface area contributed by atoms with E-state index in [1.807, 2.05) is 20.8 Å². The van der Waals surface area contributed by atoms with Crippen molar-refractivity contribution in [1.82, 2.24) is 9.78 Å². The smallest absolute Gasteiger partial charge is 0.341 e. The van der Waals surface area contributed by atoms with Gasteiger partial charge in [0.15, 0.2) is 0 Å². The number of nitrogens with zero attached hydrogens (tertiary/aromatic N) is 2. The van der Waals surface area contributed by atoms with Crippen LogP contribution < -0.4 is 0 Å². The van der Waals surface area contributed by atoms with Gasteiger partial charge in [-0.05, 0) is 20.3 Å². The topological polar surface area (TPSA) is 44.1 Å². The number of esters is 1. The number of carbonyl (C=O) groups is 1. The van der Waals surface area contributed by atoms with Crippen LogP contribution in [-0.4, -0.2) is 22.4 Å². The van der Waals surface area contributed by atoms with E-state index in [-0.39, 0.29) is 5.97 Å². The minimum Gasteiger partial charge on any atom is -0.462 e. The van der Waals surface area contributed by atoms with Gasteiger partial charge in [-0.2, -0.15) is 5.10 Å². The largest absolute Gasteiger partial charge is 0.462 e. The summed E-state index contributed by atoms with van der Waals surface area (Å²) in [5, 5.41) is 4.22. The summed E-state index contributed by atoms with van der Waals surface area (Å²) in [6.45, 7) is 10.9. The van der Waals surface area contributed by atoms with Crippen molar-refractivity contribution in [1.29, 1.82) is 0 Å². The van der Waals surface area contributed by atoms with E-state index in [2.05, 4.69) is 12.0 Å². The van der Waals surface area contributed by atoms with E-state index < -0.39 is 0 Å². The predicted octanol–water partition coefficient (Wildman–Crippen LogP) is 2.80. The van der Waals surface area contributed by atoms with Crippen molar-refractivity contribution in [3.05, 3.63) is 17.5 Å². The summed E-state index contributed by atoms with van der Waals surface area (Å²) < 4.78 is 6.69. The Kier molecular flexibility index (Phi) is 7.25. The maximum atomic E-state index is 11.4. The maximum Gasteiger partial charge on any atom is 0.341 e. The van der Waals surface area contributed by atoms with Gasteiger partial charge in [0.05, 0.1) is 12.3 Å². The van der Waals surface area contributed by atoms with E-state index >= 15 is 0 Å². The lowest BCUT2D eigenvalue weighted by Gasteiger charge is -1.98. The fourth-order valence-electron chi connectivity index (χ4n) is 1.27. The summed E-state index contributed by atoms with van der Waals surface area (Å²) in [6, 6.07) is 0. The molecule has 0 fully saturated rings. The Morgan fingerprint density at radius 1 is 1.44 bits per heavy atom. The Labute approximate surface area is 97.6 Å². The number of ether oxygens (including phenoxy) is 1. The highest BCUT2D eigenvalue weighted by Crippen LogP contribution is 2.07. The number of hydrogen-bond donors (Lipinski definition) is 0. The van der Waals surface area contributed by atoms with Crippen LogP contribution in [0.15, 0.2) is 6.20 Å². The summed E-state index contributed by atoms with van der Waals surface area (Å²) in [7, 11) is 0. The number of aromatic nitrogens is 2. The zero-order valence-electron chi connectivity index (χ0n) is 10.9. The third kappa shape index (κ3) is 4.04. The van der Waals surface area contributed by atoms with Gasteiger partial charge < -0.3 is 4.74 Å². The van der Waals surface area contributed by atoms with Crippen molar-refractivity contribution in [2.45, 2.75) is 47.6 Å². The molecule has 16 heavy (non-hydrogen) atoms. The molecule has 0 aliphatic rings. The lowest BCUT2D eigenvalue weighted by Crippen LogP contribution is -2.04. The first-order chi connectivity index (χ1) is 7.69. The highest BCUT2D eigenvalue weighted by molar-refractivity contribution is 5.90. The highest BCUT2D eigenvalue weighted by atomic mass is 16.5. The van der Waals surface area contributed by atoms with Crippen LogP contribution in [0.3, 0.4) is 0 Å². The molecule has 0 saturated carbocycles. The van der Waals surface area contributed by atoms with Crippen LogP contribution in [0.5, 0.6) is 0 Å². The van der Waals surface area contributed by atoms with E-state index in [9.17, 15) is 4.79 Å². The second-order valence-corrected chi connectivity index (χ2v) is 3.11. The second kappa shape index (κ2) is 7.91. The van der Waals surface area contributed by atoms with Gasteiger partial charge in [-0.15, -0.1) is 0 Å². The fourth-order valence-corrected chi connectivity index (χ4v) is 1.27. The quantitative estimate of drug-likeness (QED) is 0.741. The van der Waals surface area contributed by atoms with Crippen LogP contribution in [0.4, 0.5) is 0 Å². The first kappa shape index (κ1) is 14.7. The van der Waals surface area contributed by atoms with Gasteiger partial charge in [0.1, 0.15) is 5.56 Å². The molecule has 1 rings (SSSR count). The summed E-state index contributed by atoms with van der Waals surface area (Å²) in [6.07, 6.45) is 2.75. The van der Waals surface area contributed by atoms with Crippen molar-refractivity contribution in [3.63, 3.8) is 0 Å². The molecule has 0 atom stereocenters. The first-order valence-corrected chi connectivity index (χ1v) is 5.90. The van der Waals surface area contributed by atoms with Crippen molar-refractivity contribution >= 4 is 5.97 Å². The summed E-state index contributed by atoms with van der Waals surface area (Å²) in [5.41, 5.74) is 1.30. The Morgan fingerprint density at radius 3 is 2.56 bits per heavy atom. The lowest BCUT2D eigenvalue weighted by atomic mass is 10.3. The van der Waals surface area contributed by atoms with E-state index in [1.165, 1.54) is 0 Å². The number of hydrogen-bond acceptors (Lipinski definition) is 3. The average molecular weight is 226 g/mol. The Morgan fingerprint density at radius 2 is 2.06 bits per heavy atom. The molecule has 0 unspecified atom stereocenters. The van der Waals surface area contributed by atoms with Crippen LogP contribution in [0.1, 0.15) is 50.2 Å². The van der Waals surface area contributed by atoms with Crippen molar-refractivity contribution in [2.75, 3.05) is 6.61 Å². The van der Waals surface area contributed by atoms with Crippen LogP contribution in [0.25, 0.3) is 0 Å². The molecule has 1 aromatic heterocycles. The highest BCUT2D eigenvalue weighted by Gasteiger charge is 2.13. The monoisotopic (exact) mass is 226 g/mol. The van der Waals surface area contributed by atoms with Crippen molar-refractivity contribution < 1.29 is 9.53 Å². The van der Waals surface area contributed by atoms with E-state index in [0.29, 0.717) is 12.2 Å². The van der Waals surface area contributed by atoms with Gasteiger partial charge in [0.25, 0.3) is 0 Å². The van der Waals surface area contributed by atoms with Crippen LogP contribution in [0, 0.1) is 6.92 Å². The zero-order valence-corrected chi connectivity index (χ0v) is 10.9. The van der Waals surface area contributed by atoms with Gasteiger partial charge in [0.2, 0.25) is 0 Å². The lowest BCUT2D eigenvalue weighted by molar-refractivity contribution is 0.0525. The standard InChI is InChI=1S/C10H16N2O2.C2H6/c1-4-6-12-7-9(8(3)11-12)10(13)14-5-2;1-2/h7H,4-6H2,1-3H3;1-2H3. The minimum atomic E-state index is -0.285. The molecule has 0 aliphatic carbocycles. The summed E-state index contributed by atoms with van der Waals surface area (Å²) >= 11 is 0. The van der Waals surface area contributed by atoms with Crippen LogP contribution in [0.2, 0.25) is 0 Å².